The minimum atomic E-state index is 0.229. The van der Waals surface area contributed by atoms with E-state index in [1.54, 1.807) is 0 Å². The maximum Gasteiger partial charge on any atom is 0.189 e. The van der Waals surface area contributed by atoms with Crippen LogP contribution in [0.1, 0.15) is 18.6 Å². The van der Waals surface area contributed by atoms with Gasteiger partial charge in [0, 0.05) is 12.2 Å². The molecule has 0 spiro atoms. The molecule has 1 aliphatic heterocycles. The normalized spacial score (nSPS) is 19.4. The van der Waals surface area contributed by atoms with Crippen LogP contribution < -0.4 is 4.74 Å². The van der Waals surface area contributed by atoms with Gasteiger partial charge in [-0.1, -0.05) is 18.2 Å². The Morgan fingerprint density at radius 1 is 1.43 bits per heavy atom. The molecule has 2 rings (SSSR count). The lowest BCUT2D eigenvalue weighted by atomic mass is 10.1. The van der Waals surface area contributed by atoms with Crippen molar-refractivity contribution in [3.63, 3.8) is 0 Å². The zero-order valence-corrected chi connectivity index (χ0v) is 8.23. The van der Waals surface area contributed by atoms with Crippen LogP contribution in [0.3, 0.4) is 0 Å². The van der Waals surface area contributed by atoms with E-state index in [-0.39, 0.29) is 6.10 Å². The Morgan fingerprint density at radius 2 is 2.21 bits per heavy atom. The van der Waals surface area contributed by atoms with E-state index in [1.165, 1.54) is 0 Å². The van der Waals surface area contributed by atoms with E-state index in [0.29, 0.717) is 13.4 Å². The third kappa shape index (κ3) is 2.25. The lowest BCUT2D eigenvalue weighted by Crippen LogP contribution is -2.03. The molecule has 1 atom stereocenters. The van der Waals surface area contributed by atoms with Gasteiger partial charge < -0.3 is 14.2 Å². The number of benzene rings is 1. The highest BCUT2D eigenvalue weighted by Gasteiger charge is 2.27. The monoisotopic (exact) mass is 194 g/mol. The maximum atomic E-state index is 5.48. The number of para-hydroxylation sites is 1. The molecule has 1 heterocycles. The van der Waals surface area contributed by atoms with Crippen molar-refractivity contribution in [1.82, 2.24) is 0 Å². The average molecular weight is 194 g/mol. The molecule has 1 unspecified atom stereocenters. The molecule has 1 aromatic carbocycles. The van der Waals surface area contributed by atoms with Crippen LogP contribution in [0.2, 0.25) is 0 Å². The lowest BCUT2D eigenvalue weighted by Gasteiger charge is -2.09. The number of epoxide rings is 1. The summed E-state index contributed by atoms with van der Waals surface area (Å²) in [5.41, 5.74) is 1.12. The highest BCUT2D eigenvalue weighted by Crippen LogP contribution is 2.35. The molecule has 76 valence electrons. The first-order valence-corrected chi connectivity index (χ1v) is 4.83. The Morgan fingerprint density at radius 3 is 2.93 bits per heavy atom. The quantitative estimate of drug-likeness (QED) is 0.408. The molecule has 1 saturated heterocycles. The second-order valence-corrected chi connectivity index (χ2v) is 3.11. The summed E-state index contributed by atoms with van der Waals surface area (Å²) in [6.07, 6.45) is 0.229. The van der Waals surface area contributed by atoms with Crippen LogP contribution in [0.5, 0.6) is 5.75 Å². The third-order valence-corrected chi connectivity index (χ3v) is 2.10. The van der Waals surface area contributed by atoms with Gasteiger partial charge in [0.2, 0.25) is 0 Å². The number of hydrogen-bond acceptors (Lipinski definition) is 3. The molecule has 0 saturated carbocycles. The van der Waals surface area contributed by atoms with Gasteiger partial charge in [-0.3, -0.25) is 0 Å². The Hall–Kier alpha value is -1.06. The van der Waals surface area contributed by atoms with Gasteiger partial charge in [0.25, 0.3) is 0 Å². The molecule has 3 heteroatoms. The van der Waals surface area contributed by atoms with E-state index in [9.17, 15) is 0 Å². The summed E-state index contributed by atoms with van der Waals surface area (Å²) in [5, 5.41) is 0. The third-order valence-electron chi connectivity index (χ3n) is 2.10. The average Bonchev–Trinajstić information content (AvgIpc) is 3.03. The maximum absolute atomic E-state index is 5.48. The summed E-state index contributed by atoms with van der Waals surface area (Å²) in [5.74, 6) is 0.864. The predicted molar refractivity (Wildman–Crippen MR) is 52.3 cm³/mol. The molecular formula is C11H14O3. The largest absolute Gasteiger partial charge is 0.467 e. The van der Waals surface area contributed by atoms with Gasteiger partial charge in [-0.05, 0) is 13.0 Å². The van der Waals surface area contributed by atoms with Gasteiger partial charge in [0.1, 0.15) is 11.9 Å². The first-order chi connectivity index (χ1) is 6.92. The number of hydrogen-bond donors (Lipinski definition) is 0. The summed E-state index contributed by atoms with van der Waals surface area (Å²) in [6, 6.07) is 7.91. The SMILES string of the molecule is CCOCOc1ccccc1C1CO1. The van der Waals surface area contributed by atoms with E-state index in [0.717, 1.165) is 17.9 Å². The van der Waals surface area contributed by atoms with Gasteiger partial charge in [0.15, 0.2) is 6.79 Å². The van der Waals surface area contributed by atoms with Crippen molar-refractivity contribution in [2.24, 2.45) is 0 Å². The van der Waals surface area contributed by atoms with Crippen LogP contribution in [-0.2, 0) is 9.47 Å². The molecule has 0 radical (unpaired) electrons. The zero-order valence-electron chi connectivity index (χ0n) is 8.23. The lowest BCUT2D eigenvalue weighted by molar-refractivity contribution is 0.0216. The highest BCUT2D eigenvalue weighted by atomic mass is 16.7. The van der Waals surface area contributed by atoms with Crippen molar-refractivity contribution < 1.29 is 14.2 Å². The van der Waals surface area contributed by atoms with Crippen LogP contribution >= 0.6 is 0 Å². The van der Waals surface area contributed by atoms with Crippen LogP contribution in [0.25, 0.3) is 0 Å². The molecule has 1 aromatic rings. The van der Waals surface area contributed by atoms with Crippen LogP contribution in [0.4, 0.5) is 0 Å². The molecule has 0 bridgehead atoms. The van der Waals surface area contributed by atoms with Crippen molar-refractivity contribution in [1.29, 1.82) is 0 Å². The standard InChI is InChI=1S/C11H14O3/c1-2-12-8-14-10-6-4-3-5-9(10)11-7-13-11/h3-6,11H,2,7-8H2,1H3. The van der Waals surface area contributed by atoms with Crippen molar-refractivity contribution >= 4 is 0 Å². The van der Waals surface area contributed by atoms with E-state index < -0.39 is 0 Å². The van der Waals surface area contributed by atoms with Gasteiger partial charge in [-0.25, -0.2) is 0 Å². The van der Waals surface area contributed by atoms with Gasteiger partial charge >= 0.3 is 0 Å². The molecule has 0 amide bonds. The first kappa shape index (κ1) is 9.49. The molecule has 1 aliphatic rings. The first-order valence-electron chi connectivity index (χ1n) is 4.83. The van der Waals surface area contributed by atoms with E-state index in [2.05, 4.69) is 0 Å². The Labute approximate surface area is 83.6 Å². The fourth-order valence-electron chi connectivity index (χ4n) is 1.29. The molecule has 0 N–H and O–H groups in total. The summed E-state index contributed by atoms with van der Waals surface area (Å²) >= 11 is 0. The number of ether oxygens (including phenoxy) is 3. The minimum Gasteiger partial charge on any atom is -0.467 e. The van der Waals surface area contributed by atoms with Crippen LogP contribution in [-0.4, -0.2) is 20.0 Å². The molecule has 0 aromatic heterocycles. The molecule has 3 nitrogen and oxygen atoms in total. The molecule has 14 heavy (non-hydrogen) atoms. The number of rotatable bonds is 5. The fraction of sp³-hybridized carbons (Fsp3) is 0.455. The van der Waals surface area contributed by atoms with Gasteiger partial charge in [-0.2, -0.15) is 0 Å². The van der Waals surface area contributed by atoms with E-state index in [1.807, 2.05) is 31.2 Å². The second-order valence-electron chi connectivity index (χ2n) is 3.11. The van der Waals surface area contributed by atoms with E-state index in [4.69, 9.17) is 14.2 Å². The van der Waals surface area contributed by atoms with Crippen molar-refractivity contribution in [3.8, 4) is 5.75 Å². The Bertz CT molecular complexity index is 294. The van der Waals surface area contributed by atoms with Crippen molar-refractivity contribution in [2.75, 3.05) is 20.0 Å². The molecule has 0 aliphatic carbocycles. The highest BCUT2D eigenvalue weighted by molar-refractivity contribution is 5.36. The fourth-order valence-corrected chi connectivity index (χ4v) is 1.29. The van der Waals surface area contributed by atoms with Gasteiger partial charge in [0.05, 0.1) is 6.61 Å². The topological polar surface area (TPSA) is 31.0 Å². The predicted octanol–water partition coefficient (Wildman–Crippen LogP) is 2.13. The van der Waals surface area contributed by atoms with Gasteiger partial charge in [-0.15, -0.1) is 0 Å². The zero-order chi connectivity index (χ0) is 9.80. The summed E-state index contributed by atoms with van der Waals surface area (Å²) < 4.78 is 15.8. The minimum absolute atomic E-state index is 0.229. The second kappa shape index (κ2) is 4.44. The molecule has 1 fully saturated rings. The van der Waals surface area contributed by atoms with Crippen LogP contribution in [0.15, 0.2) is 24.3 Å². The van der Waals surface area contributed by atoms with E-state index >= 15 is 0 Å². The summed E-state index contributed by atoms with van der Waals surface area (Å²) in [6.45, 7) is 3.72. The Balaban J connectivity index is 2.00. The van der Waals surface area contributed by atoms with Crippen LogP contribution in [0, 0.1) is 0 Å². The molecular weight excluding hydrogens is 180 g/mol. The summed E-state index contributed by atoms with van der Waals surface area (Å²) in [4.78, 5) is 0. The smallest absolute Gasteiger partial charge is 0.189 e. The van der Waals surface area contributed by atoms with Crippen molar-refractivity contribution in [3.05, 3.63) is 29.8 Å². The summed E-state index contributed by atoms with van der Waals surface area (Å²) in [7, 11) is 0. The van der Waals surface area contributed by atoms with Crippen molar-refractivity contribution in [2.45, 2.75) is 13.0 Å². The Kier molecular flexibility index (Phi) is 3.01.